The molecule has 0 fully saturated rings. The van der Waals surface area contributed by atoms with Crippen molar-refractivity contribution >= 4 is 34.7 Å². The third-order valence-corrected chi connectivity index (χ3v) is 3.97. The highest BCUT2D eigenvalue weighted by molar-refractivity contribution is 5.96. The van der Waals surface area contributed by atoms with Gasteiger partial charge in [0.15, 0.2) is 0 Å². The number of hydrogen-bond acceptors (Lipinski definition) is 2. The summed E-state index contributed by atoms with van der Waals surface area (Å²) >= 11 is 0. The summed E-state index contributed by atoms with van der Waals surface area (Å²) in [5.41, 5.74) is 17.5. The molecule has 0 saturated heterocycles. The molecule has 0 atom stereocenters. The highest BCUT2D eigenvalue weighted by atomic mass is 15.0. The number of rotatable bonds is 3. The molecular weight excluding hydrogens is 348 g/mol. The van der Waals surface area contributed by atoms with Crippen molar-refractivity contribution in [3.63, 3.8) is 0 Å². The van der Waals surface area contributed by atoms with Gasteiger partial charge in [-0.1, -0.05) is 12.1 Å². The fourth-order valence-electron chi connectivity index (χ4n) is 2.97. The third kappa shape index (κ3) is 5.87. The fraction of sp³-hybridized carbons (Fsp3) is 0.273. The summed E-state index contributed by atoms with van der Waals surface area (Å²) in [4.78, 5) is 17.3. The molecule has 0 heterocycles. The molecule has 2 aromatic carbocycles. The lowest BCUT2D eigenvalue weighted by atomic mass is 9.96. The van der Waals surface area contributed by atoms with Gasteiger partial charge in [0.1, 0.15) is 11.7 Å². The number of benzene rings is 2. The Morgan fingerprint density at radius 1 is 0.643 bits per heavy atom. The van der Waals surface area contributed by atoms with Crippen LogP contribution in [-0.2, 0) is 0 Å². The van der Waals surface area contributed by atoms with Crippen molar-refractivity contribution in [1.82, 2.24) is 0 Å². The maximum atomic E-state index is 5.61. The monoisotopic (exact) mass is 376 g/mol. The normalized spacial score (nSPS) is 13.8. The zero-order chi connectivity index (χ0) is 20.8. The van der Waals surface area contributed by atoms with Crippen LogP contribution in [0.25, 0.3) is 11.1 Å². The van der Waals surface area contributed by atoms with Crippen LogP contribution in [0.4, 0.5) is 11.4 Å². The largest absolute Gasteiger partial charge is 0.387 e. The Bertz CT molecular complexity index is 907. The van der Waals surface area contributed by atoms with Crippen molar-refractivity contribution in [2.45, 2.75) is 41.5 Å². The summed E-state index contributed by atoms with van der Waals surface area (Å²) in [7, 11) is 0. The van der Waals surface area contributed by atoms with E-state index in [0.717, 1.165) is 33.6 Å². The molecule has 0 amide bonds. The second-order valence-corrected chi connectivity index (χ2v) is 6.82. The predicted molar refractivity (Wildman–Crippen MR) is 121 cm³/mol. The van der Waals surface area contributed by atoms with Crippen molar-refractivity contribution in [1.29, 1.82) is 0 Å². The minimum atomic E-state index is 0.496. The van der Waals surface area contributed by atoms with Crippen LogP contribution in [0.15, 0.2) is 56.4 Å². The number of hydrogen-bond donors (Lipinski definition) is 2. The van der Waals surface area contributed by atoms with E-state index >= 15 is 0 Å². The molecule has 0 aliphatic carbocycles. The van der Waals surface area contributed by atoms with Crippen LogP contribution >= 0.6 is 0 Å². The first kappa shape index (κ1) is 21.0. The quantitative estimate of drug-likeness (QED) is 0.592. The van der Waals surface area contributed by atoms with Crippen LogP contribution < -0.4 is 11.5 Å². The fourth-order valence-corrected chi connectivity index (χ4v) is 2.97. The molecule has 0 spiro atoms. The standard InChI is InChI=1S/C22H28N6/c1-13-11-19(27-17(5)25-15(3)23)7-9-21(13)22-10-8-20(12-14(22)2)28-18(6)26-16(4)24/h7-12H,1-6H3,(H2,23,25,27)(H2,24,26,28). The summed E-state index contributed by atoms with van der Waals surface area (Å²) < 4.78 is 0. The molecule has 4 N–H and O–H groups in total. The highest BCUT2D eigenvalue weighted by Crippen LogP contribution is 2.31. The Morgan fingerprint density at radius 2 is 1.00 bits per heavy atom. The van der Waals surface area contributed by atoms with E-state index in [2.05, 4.69) is 58.1 Å². The van der Waals surface area contributed by atoms with E-state index in [0.29, 0.717) is 23.3 Å². The van der Waals surface area contributed by atoms with Gasteiger partial charge in [0.05, 0.1) is 23.0 Å². The van der Waals surface area contributed by atoms with Gasteiger partial charge in [0.2, 0.25) is 0 Å². The first-order valence-electron chi connectivity index (χ1n) is 9.09. The van der Waals surface area contributed by atoms with Gasteiger partial charge in [0.25, 0.3) is 0 Å². The van der Waals surface area contributed by atoms with Gasteiger partial charge in [-0.25, -0.2) is 20.0 Å². The van der Waals surface area contributed by atoms with Gasteiger partial charge < -0.3 is 11.5 Å². The van der Waals surface area contributed by atoms with E-state index < -0.39 is 0 Å². The number of aliphatic imine (C=N–C) groups is 4. The minimum absolute atomic E-state index is 0.496. The van der Waals surface area contributed by atoms with Crippen LogP contribution in [0.5, 0.6) is 0 Å². The summed E-state index contributed by atoms with van der Waals surface area (Å²) in [6, 6.07) is 12.2. The SMILES string of the molecule is CC(N)=NC(C)=Nc1ccc(-c2ccc(N=C(C)N=C(C)N)cc2C)c(C)c1. The average molecular weight is 377 g/mol. The molecule has 0 saturated carbocycles. The molecular formula is C22H28N6. The van der Waals surface area contributed by atoms with Gasteiger partial charge in [0, 0.05) is 0 Å². The summed E-state index contributed by atoms with van der Waals surface area (Å²) in [6.45, 7) is 11.3. The Hall–Kier alpha value is -3.28. The smallest absolute Gasteiger partial charge is 0.127 e. The second-order valence-electron chi connectivity index (χ2n) is 6.82. The van der Waals surface area contributed by atoms with Gasteiger partial charge in [-0.05, 0) is 88.1 Å². The maximum absolute atomic E-state index is 5.61. The second kappa shape index (κ2) is 9.08. The van der Waals surface area contributed by atoms with Crippen molar-refractivity contribution in [3.8, 4) is 11.1 Å². The predicted octanol–water partition coefficient (Wildman–Crippen LogP) is 4.82. The lowest BCUT2D eigenvalue weighted by molar-refractivity contribution is 1.36. The molecule has 0 unspecified atom stereocenters. The van der Waals surface area contributed by atoms with E-state index in [1.54, 1.807) is 13.8 Å². The van der Waals surface area contributed by atoms with Crippen LogP contribution in [-0.4, -0.2) is 23.3 Å². The van der Waals surface area contributed by atoms with Crippen molar-refractivity contribution in [2.75, 3.05) is 0 Å². The molecule has 2 rings (SSSR count). The first-order chi connectivity index (χ1) is 13.2. The van der Waals surface area contributed by atoms with Crippen LogP contribution in [0.2, 0.25) is 0 Å². The van der Waals surface area contributed by atoms with Crippen LogP contribution in [0.1, 0.15) is 38.8 Å². The number of nitrogens with zero attached hydrogens (tertiary/aromatic N) is 4. The zero-order valence-electron chi connectivity index (χ0n) is 17.4. The molecule has 146 valence electrons. The molecule has 0 aliphatic heterocycles. The number of amidine groups is 4. The Kier molecular flexibility index (Phi) is 6.82. The zero-order valence-corrected chi connectivity index (χ0v) is 17.4. The Labute approximate surface area is 166 Å². The molecule has 28 heavy (non-hydrogen) atoms. The van der Waals surface area contributed by atoms with Crippen molar-refractivity contribution in [2.24, 2.45) is 31.4 Å². The van der Waals surface area contributed by atoms with Crippen molar-refractivity contribution < 1.29 is 0 Å². The third-order valence-electron chi connectivity index (χ3n) is 3.97. The molecule has 2 aromatic rings. The van der Waals surface area contributed by atoms with E-state index in [1.165, 1.54) is 0 Å². The van der Waals surface area contributed by atoms with Gasteiger partial charge in [-0.3, -0.25) is 0 Å². The molecule has 6 heteroatoms. The van der Waals surface area contributed by atoms with Gasteiger partial charge in [-0.2, -0.15) is 0 Å². The highest BCUT2D eigenvalue weighted by Gasteiger charge is 2.07. The first-order valence-corrected chi connectivity index (χ1v) is 9.09. The summed E-state index contributed by atoms with van der Waals surface area (Å²) in [5, 5.41) is 0. The van der Waals surface area contributed by atoms with Gasteiger partial charge in [-0.15, -0.1) is 0 Å². The van der Waals surface area contributed by atoms with E-state index in [9.17, 15) is 0 Å². The Balaban J connectivity index is 2.36. The molecule has 0 aromatic heterocycles. The maximum Gasteiger partial charge on any atom is 0.127 e. The molecule has 6 nitrogen and oxygen atoms in total. The minimum Gasteiger partial charge on any atom is -0.387 e. The number of aryl methyl sites for hydroxylation is 2. The summed E-state index contributed by atoms with van der Waals surface area (Å²) in [6.07, 6.45) is 0. The lowest BCUT2D eigenvalue weighted by Gasteiger charge is -2.11. The van der Waals surface area contributed by atoms with Crippen LogP contribution in [0, 0.1) is 13.8 Å². The number of nitrogens with two attached hydrogens (primary N) is 2. The lowest BCUT2D eigenvalue weighted by Crippen LogP contribution is -2.07. The topological polar surface area (TPSA) is 101 Å². The van der Waals surface area contributed by atoms with E-state index in [-0.39, 0.29) is 0 Å². The average Bonchev–Trinajstić information content (AvgIpc) is 2.54. The van der Waals surface area contributed by atoms with Gasteiger partial charge >= 0.3 is 0 Å². The Morgan fingerprint density at radius 3 is 1.29 bits per heavy atom. The summed E-state index contributed by atoms with van der Waals surface area (Å²) in [5.74, 6) is 2.26. The van der Waals surface area contributed by atoms with E-state index in [1.807, 2.05) is 26.0 Å². The molecule has 0 aliphatic rings. The van der Waals surface area contributed by atoms with Crippen LogP contribution in [0.3, 0.4) is 0 Å². The molecule has 0 radical (unpaired) electrons. The molecule has 0 bridgehead atoms. The van der Waals surface area contributed by atoms with E-state index in [4.69, 9.17) is 11.5 Å². The van der Waals surface area contributed by atoms with Crippen molar-refractivity contribution in [3.05, 3.63) is 47.5 Å².